The molecule has 0 aromatic heterocycles. The minimum absolute atomic E-state index is 0.768. The van der Waals surface area contributed by atoms with E-state index < -0.39 is 0 Å². The Hall–Kier alpha value is -1.04. The summed E-state index contributed by atoms with van der Waals surface area (Å²) in [6, 6.07) is 9.69. The van der Waals surface area contributed by atoms with E-state index >= 15 is 0 Å². The molecule has 0 saturated heterocycles. The average molecular weight is 282 g/mol. The molecule has 21 heavy (non-hydrogen) atoms. The van der Waals surface area contributed by atoms with Gasteiger partial charge in [-0.1, -0.05) is 56.2 Å². The molecule has 0 spiro atoms. The topological polar surface area (TPSA) is 0 Å². The molecule has 0 N–H and O–H groups in total. The van der Waals surface area contributed by atoms with Crippen LogP contribution in [0.2, 0.25) is 0 Å². The Bertz CT molecular complexity index is 445. The Morgan fingerprint density at radius 3 is 2.05 bits per heavy atom. The van der Waals surface area contributed by atoms with E-state index in [2.05, 4.69) is 43.3 Å². The van der Waals surface area contributed by atoms with Gasteiger partial charge in [0.2, 0.25) is 0 Å². The van der Waals surface area contributed by atoms with Gasteiger partial charge in [0, 0.05) is 0 Å². The Morgan fingerprint density at radius 2 is 1.48 bits per heavy atom. The van der Waals surface area contributed by atoms with Crippen LogP contribution in [-0.4, -0.2) is 0 Å². The van der Waals surface area contributed by atoms with Gasteiger partial charge in [0.05, 0.1) is 0 Å². The lowest BCUT2D eigenvalue weighted by molar-refractivity contribution is 0.308. The van der Waals surface area contributed by atoms with Crippen LogP contribution < -0.4 is 0 Å². The molecule has 114 valence electrons. The molecule has 1 fully saturated rings. The van der Waals surface area contributed by atoms with Crippen LogP contribution in [0.3, 0.4) is 0 Å². The van der Waals surface area contributed by atoms with Crippen LogP contribution in [0.5, 0.6) is 0 Å². The molecule has 2 aliphatic carbocycles. The van der Waals surface area contributed by atoms with Crippen molar-refractivity contribution in [1.29, 1.82) is 0 Å². The van der Waals surface area contributed by atoms with Gasteiger partial charge in [-0.25, -0.2) is 0 Å². The van der Waals surface area contributed by atoms with E-state index in [1.165, 1.54) is 57.8 Å². The minimum Gasteiger partial charge on any atom is -0.0885 e. The number of allylic oxidation sites excluding steroid dienone is 2. The van der Waals surface area contributed by atoms with Crippen molar-refractivity contribution < 1.29 is 0 Å². The van der Waals surface area contributed by atoms with Gasteiger partial charge in [0.1, 0.15) is 0 Å². The van der Waals surface area contributed by atoms with Crippen LogP contribution in [0.25, 0.3) is 0 Å². The van der Waals surface area contributed by atoms with E-state index in [0.717, 1.165) is 17.8 Å². The fraction of sp³-hybridized carbons (Fsp3) is 0.619. The largest absolute Gasteiger partial charge is 0.0885 e. The van der Waals surface area contributed by atoms with E-state index in [9.17, 15) is 0 Å². The van der Waals surface area contributed by atoms with Gasteiger partial charge >= 0.3 is 0 Å². The van der Waals surface area contributed by atoms with Gasteiger partial charge in [0.15, 0.2) is 0 Å². The predicted molar refractivity (Wildman–Crippen MR) is 91.8 cm³/mol. The molecule has 1 saturated carbocycles. The van der Waals surface area contributed by atoms with Crippen molar-refractivity contribution in [3.05, 3.63) is 47.5 Å². The molecular formula is C21H30. The molecule has 0 radical (unpaired) electrons. The van der Waals surface area contributed by atoms with Gasteiger partial charge in [0.25, 0.3) is 0 Å². The van der Waals surface area contributed by atoms with Crippen molar-refractivity contribution in [2.45, 2.75) is 76.5 Å². The average Bonchev–Trinajstić information content (AvgIpc) is 2.57. The van der Waals surface area contributed by atoms with Gasteiger partial charge in [-0.3, -0.25) is 0 Å². The summed E-state index contributed by atoms with van der Waals surface area (Å²) in [4.78, 5) is 0. The zero-order valence-corrected chi connectivity index (χ0v) is 13.6. The van der Waals surface area contributed by atoms with Crippen LogP contribution in [0, 0.1) is 5.92 Å². The molecule has 0 nitrogen and oxygen atoms in total. The summed E-state index contributed by atoms with van der Waals surface area (Å²) in [5.74, 6) is 2.61. The number of rotatable bonds is 4. The zero-order valence-electron chi connectivity index (χ0n) is 13.6. The first-order valence-corrected chi connectivity index (χ1v) is 9.11. The third kappa shape index (κ3) is 3.78. The van der Waals surface area contributed by atoms with Crippen molar-refractivity contribution >= 4 is 0 Å². The first-order chi connectivity index (χ1) is 10.4. The Balaban J connectivity index is 1.58. The second-order valence-corrected chi connectivity index (χ2v) is 7.15. The second kappa shape index (κ2) is 7.29. The lowest BCUT2D eigenvalue weighted by Crippen LogP contribution is -2.13. The Labute approximate surface area is 130 Å². The number of hydrogen-bond acceptors (Lipinski definition) is 0. The van der Waals surface area contributed by atoms with E-state index in [4.69, 9.17) is 0 Å². The molecule has 1 aromatic carbocycles. The molecule has 0 aliphatic heterocycles. The fourth-order valence-electron chi connectivity index (χ4n) is 4.33. The highest BCUT2D eigenvalue weighted by Gasteiger charge is 2.22. The molecular weight excluding hydrogens is 252 g/mol. The SMILES string of the molecule is CCCC1CCC(c2ccc(C3CC=CCC3)cc2)CC1. The van der Waals surface area contributed by atoms with Crippen molar-refractivity contribution in [3.8, 4) is 0 Å². The van der Waals surface area contributed by atoms with E-state index in [0.29, 0.717) is 0 Å². The van der Waals surface area contributed by atoms with Gasteiger partial charge < -0.3 is 0 Å². The van der Waals surface area contributed by atoms with Crippen molar-refractivity contribution in [2.24, 2.45) is 5.92 Å². The lowest BCUT2D eigenvalue weighted by atomic mass is 9.77. The highest BCUT2D eigenvalue weighted by Crippen LogP contribution is 2.38. The first-order valence-electron chi connectivity index (χ1n) is 9.11. The molecule has 1 aromatic rings. The summed E-state index contributed by atoms with van der Waals surface area (Å²) < 4.78 is 0. The van der Waals surface area contributed by atoms with Crippen molar-refractivity contribution in [2.75, 3.05) is 0 Å². The smallest absolute Gasteiger partial charge is 0.0124 e. The summed E-state index contributed by atoms with van der Waals surface area (Å²) in [6.07, 6.45) is 17.1. The molecule has 0 bridgehead atoms. The minimum atomic E-state index is 0.768. The zero-order chi connectivity index (χ0) is 14.5. The molecule has 1 unspecified atom stereocenters. The standard InChI is InChI=1S/C21H30/c1-2-6-17-9-11-19(12-10-17)21-15-13-20(14-16-21)18-7-4-3-5-8-18/h3-4,13-19H,2,5-12H2,1H3. The van der Waals surface area contributed by atoms with Crippen molar-refractivity contribution in [3.63, 3.8) is 0 Å². The van der Waals surface area contributed by atoms with Crippen LogP contribution in [0.15, 0.2) is 36.4 Å². The maximum Gasteiger partial charge on any atom is -0.0124 e. The molecule has 1 atom stereocenters. The third-order valence-electron chi connectivity index (χ3n) is 5.69. The van der Waals surface area contributed by atoms with Crippen molar-refractivity contribution in [1.82, 2.24) is 0 Å². The fourth-order valence-corrected chi connectivity index (χ4v) is 4.33. The summed E-state index contributed by atoms with van der Waals surface area (Å²) >= 11 is 0. The Kier molecular flexibility index (Phi) is 5.17. The van der Waals surface area contributed by atoms with Gasteiger partial charge in [-0.05, 0) is 73.8 Å². The van der Waals surface area contributed by atoms with Crippen LogP contribution >= 0.6 is 0 Å². The van der Waals surface area contributed by atoms with E-state index in [1.807, 2.05) is 0 Å². The predicted octanol–water partition coefficient (Wildman–Crippen LogP) is 6.58. The monoisotopic (exact) mass is 282 g/mol. The quantitative estimate of drug-likeness (QED) is 0.547. The van der Waals surface area contributed by atoms with E-state index in [1.54, 1.807) is 11.1 Å². The van der Waals surface area contributed by atoms with Crippen LogP contribution in [-0.2, 0) is 0 Å². The Morgan fingerprint density at radius 1 is 0.810 bits per heavy atom. The molecule has 3 rings (SSSR count). The molecule has 2 aliphatic rings. The summed E-state index contributed by atoms with van der Waals surface area (Å²) in [5, 5.41) is 0. The van der Waals surface area contributed by atoms with Crippen LogP contribution in [0.1, 0.15) is 87.7 Å². The number of hydrogen-bond donors (Lipinski definition) is 0. The maximum atomic E-state index is 2.43. The molecule has 0 amide bonds. The third-order valence-corrected chi connectivity index (χ3v) is 5.69. The van der Waals surface area contributed by atoms with Crippen LogP contribution in [0.4, 0.5) is 0 Å². The summed E-state index contributed by atoms with van der Waals surface area (Å²) in [6.45, 7) is 2.32. The molecule has 0 heteroatoms. The number of benzene rings is 1. The van der Waals surface area contributed by atoms with Gasteiger partial charge in [-0.2, -0.15) is 0 Å². The normalized spacial score (nSPS) is 29.5. The maximum absolute atomic E-state index is 2.43. The second-order valence-electron chi connectivity index (χ2n) is 7.15. The summed E-state index contributed by atoms with van der Waals surface area (Å²) in [7, 11) is 0. The molecule has 0 heterocycles. The lowest BCUT2D eigenvalue weighted by Gasteiger charge is -2.29. The first kappa shape index (κ1) is 14.9. The van der Waals surface area contributed by atoms with Gasteiger partial charge in [-0.15, -0.1) is 0 Å². The van der Waals surface area contributed by atoms with E-state index in [-0.39, 0.29) is 0 Å². The summed E-state index contributed by atoms with van der Waals surface area (Å²) in [5.41, 5.74) is 3.16. The highest BCUT2D eigenvalue weighted by atomic mass is 14.3. The highest BCUT2D eigenvalue weighted by molar-refractivity contribution is 5.29.